The predicted octanol–water partition coefficient (Wildman–Crippen LogP) is 5.56. The summed E-state index contributed by atoms with van der Waals surface area (Å²) >= 11 is 0. The average Bonchev–Trinajstić information content (AvgIpc) is 2.91. The predicted molar refractivity (Wildman–Crippen MR) is 98.7 cm³/mol. The largest absolute Gasteiger partial charge is 0.278 e. The van der Waals surface area contributed by atoms with Crippen LogP contribution in [-0.2, 0) is 0 Å². The summed E-state index contributed by atoms with van der Waals surface area (Å²) in [5.74, 6) is 0. The molecule has 2 aromatic carbocycles. The van der Waals surface area contributed by atoms with Gasteiger partial charge in [0, 0.05) is 6.42 Å². The van der Waals surface area contributed by atoms with Crippen LogP contribution in [0, 0.1) is 0 Å². The monoisotopic (exact) mass is 302 g/mol. The van der Waals surface area contributed by atoms with Gasteiger partial charge < -0.3 is 0 Å². The molecule has 0 unspecified atom stereocenters. The van der Waals surface area contributed by atoms with Crippen LogP contribution < -0.4 is 5.43 Å². The zero-order valence-corrected chi connectivity index (χ0v) is 13.7. The number of anilines is 1. The fourth-order valence-corrected chi connectivity index (χ4v) is 2.77. The second kappa shape index (κ2) is 7.10. The Morgan fingerprint density at radius 3 is 2.22 bits per heavy atom. The number of hydrogen-bond acceptors (Lipinski definition) is 2. The van der Waals surface area contributed by atoms with Gasteiger partial charge >= 0.3 is 0 Å². The first-order valence-electron chi connectivity index (χ1n) is 8.01. The van der Waals surface area contributed by atoms with Crippen molar-refractivity contribution in [3.63, 3.8) is 0 Å². The van der Waals surface area contributed by atoms with Gasteiger partial charge in [-0.05, 0) is 38.0 Å². The first-order chi connectivity index (χ1) is 11.2. The summed E-state index contributed by atoms with van der Waals surface area (Å²) in [6.07, 6.45) is 4.23. The second-order valence-corrected chi connectivity index (χ2v) is 6.02. The molecule has 0 bridgehead atoms. The Balaban J connectivity index is 1.82. The van der Waals surface area contributed by atoms with Crippen molar-refractivity contribution in [2.75, 3.05) is 5.43 Å². The molecule has 23 heavy (non-hydrogen) atoms. The van der Waals surface area contributed by atoms with Gasteiger partial charge in [-0.3, -0.25) is 5.43 Å². The molecule has 1 N–H and O–H groups in total. The van der Waals surface area contributed by atoms with Gasteiger partial charge in [0.25, 0.3) is 0 Å². The van der Waals surface area contributed by atoms with Gasteiger partial charge in [0.1, 0.15) is 0 Å². The molecule has 0 atom stereocenters. The van der Waals surface area contributed by atoms with Crippen LogP contribution in [-0.4, -0.2) is 5.71 Å². The zero-order chi connectivity index (χ0) is 16.1. The molecule has 0 aromatic heterocycles. The van der Waals surface area contributed by atoms with E-state index >= 15 is 0 Å². The van der Waals surface area contributed by atoms with E-state index in [4.69, 9.17) is 0 Å². The third-order valence-corrected chi connectivity index (χ3v) is 4.18. The van der Waals surface area contributed by atoms with Crippen LogP contribution in [0.25, 0.3) is 0 Å². The van der Waals surface area contributed by atoms with E-state index in [2.05, 4.69) is 54.7 Å². The Bertz CT molecular complexity index is 753. The lowest BCUT2D eigenvalue weighted by Crippen LogP contribution is -2.06. The van der Waals surface area contributed by atoms with Crippen LogP contribution in [0.15, 0.2) is 88.6 Å². The fraction of sp³-hybridized carbons (Fsp3) is 0.190. The maximum absolute atomic E-state index is 4.69. The lowest BCUT2D eigenvalue weighted by molar-refractivity contribution is 1.09. The van der Waals surface area contributed by atoms with E-state index in [0.29, 0.717) is 0 Å². The number of allylic oxidation sites excluding steroid dienone is 4. The van der Waals surface area contributed by atoms with Crippen molar-refractivity contribution in [3.05, 3.63) is 89.0 Å². The molecule has 0 saturated heterocycles. The molecule has 0 fully saturated rings. The molecular weight excluding hydrogens is 280 g/mol. The third-order valence-electron chi connectivity index (χ3n) is 4.18. The first-order valence-corrected chi connectivity index (χ1v) is 8.01. The van der Waals surface area contributed by atoms with Crippen LogP contribution in [0.4, 0.5) is 5.69 Å². The minimum absolute atomic E-state index is 0.874. The Labute approximate surface area is 138 Å². The summed E-state index contributed by atoms with van der Waals surface area (Å²) < 4.78 is 0. The molecule has 0 radical (unpaired) electrons. The fourth-order valence-electron chi connectivity index (χ4n) is 2.77. The van der Waals surface area contributed by atoms with Gasteiger partial charge in [0.2, 0.25) is 0 Å². The molecule has 2 heteroatoms. The molecule has 0 saturated carbocycles. The van der Waals surface area contributed by atoms with E-state index in [0.717, 1.165) is 24.2 Å². The summed E-state index contributed by atoms with van der Waals surface area (Å²) in [7, 11) is 0. The van der Waals surface area contributed by atoms with Gasteiger partial charge in [-0.2, -0.15) is 5.10 Å². The van der Waals surface area contributed by atoms with Crippen molar-refractivity contribution in [1.82, 2.24) is 0 Å². The number of para-hydroxylation sites is 1. The highest BCUT2D eigenvalue weighted by molar-refractivity contribution is 6.02. The van der Waals surface area contributed by atoms with Gasteiger partial charge in [0.15, 0.2) is 0 Å². The molecule has 0 aliphatic heterocycles. The van der Waals surface area contributed by atoms with Gasteiger partial charge in [-0.15, -0.1) is 0 Å². The summed E-state index contributed by atoms with van der Waals surface area (Å²) in [4.78, 5) is 0. The normalized spacial score (nSPS) is 14.9. The van der Waals surface area contributed by atoms with E-state index < -0.39 is 0 Å². The number of hydrazone groups is 1. The van der Waals surface area contributed by atoms with Crippen LogP contribution in [0.3, 0.4) is 0 Å². The molecule has 116 valence electrons. The van der Waals surface area contributed by atoms with Crippen molar-refractivity contribution in [3.8, 4) is 0 Å². The minimum Gasteiger partial charge on any atom is -0.278 e. The van der Waals surface area contributed by atoms with E-state index in [-0.39, 0.29) is 0 Å². The molecule has 2 nitrogen and oxygen atoms in total. The van der Waals surface area contributed by atoms with E-state index in [1.165, 1.54) is 22.3 Å². The zero-order valence-electron chi connectivity index (χ0n) is 13.7. The lowest BCUT2D eigenvalue weighted by Gasteiger charge is -2.09. The molecule has 0 heterocycles. The van der Waals surface area contributed by atoms with Crippen molar-refractivity contribution in [1.29, 1.82) is 0 Å². The molecular formula is C21H22N2. The Hall–Kier alpha value is -2.61. The first kappa shape index (κ1) is 15.3. The van der Waals surface area contributed by atoms with E-state index in [9.17, 15) is 0 Å². The van der Waals surface area contributed by atoms with Crippen LogP contribution >= 0.6 is 0 Å². The Morgan fingerprint density at radius 2 is 1.61 bits per heavy atom. The number of nitrogens with one attached hydrogen (secondary N) is 1. The number of benzene rings is 2. The Kier molecular flexibility index (Phi) is 4.72. The van der Waals surface area contributed by atoms with Crippen molar-refractivity contribution in [2.24, 2.45) is 5.10 Å². The second-order valence-electron chi connectivity index (χ2n) is 6.02. The maximum atomic E-state index is 4.69. The van der Waals surface area contributed by atoms with Crippen LogP contribution in [0.5, 0.6) is 0 Å². The molecule has 2 aromatic rings. The highest BCUT2D eigenvalue weighted by atomic mass is 15.3. The van der Waals surface area contributed by atoms with E-state index in [1.807, 2.05) is 36.4 Å². The van der Waals surface area contributed by atoms with Crippen LogP contribution in [0.1, 0.15) is 32.3 Å². The lowest BCUT2D eigenvalue weighted by atomic mass is 10.0. The van der Waals surface area contributed by atoms with Gasteiger partial charge in [-0.1, -0.05) is 71.3 Å². The number of rotatable bonds is 5. The van der Waals surface area contributed by atoms with Crippen molar-refractivity contribution >= 4 is 11.4 Å². The van der Waals surface area contributed by atoms with Gasteiger partial charge in [0.05, 0.1) is 11.4 Å². The molecule has 1 aliphatic rings. The topological polar surface area (TPSA) is 24.4 Å². The van der Waals surface area contributed by atoms with E-state index in [1.54, 1.807) is 0 Å². The Morgan fingerprint density at radius 1 is 0.957 bits per heavy atom. The quantitative estimate of drug-likeness (QED) is 0.567. The van der Waals surface area contributed by atoms with Crippen molar-refractivity contribution < 1.29 is 0 Å². The average molecular weight is 302 g/mol. The molecule has 0 spiro atoms. The molecule has 1 aliphatic carbocycles. The molecule has 0 amide bonds. The number of hydrogen-bond donors (Lipinski definition) is 1. The standard InChI is InChI=1S/C21H22N2/c1-16-13-18(14-17(16)2)15-21(19-9-5-3-6-10-19)23-22-20-11-7-4-8-12-20/h3-13,22H,14-15H2,1-2H3. The minimum atomic E-state index is 0.874. The number of nitrogens with zero attached hydrogens (tertiary/aromatic N) is 1. The molecule has 3 rings (SSSR count). The highest BCUT2D eigenvalue weighted by Gasteiger charge is 2.13. The van der Waals surface area contributed by atoms with Crippen LogP contribution in [0.2, 0.25) is 0 Å². The summed E-state index contributed by atoms with van der Waals surface area (Å²) in [6.45, 7) is 4.39. The highest BCUT2D eigenvalue weighted by Crippen LogP contribution is 2.28. The maximum Gasteiger partial charge on any atom is 0.0719 e. The third kappa shape index (κ3) is 3.98. The van der Waals surface area contributed by atoms with Gasteiger partial charge in [-0.25, -0.2) is 0 Å². The summed E-state index contributed by atoms with van der Waals surface area (Å²) in [6, 6.07) is 20.5. The smallest absolute Gasteiger partial charge is 0.0719 e. The summed E-state index contributed by atoms with van der Waals surface area (Å²) in [5.41, 5.74) is 10.7. The van der Waals surface area contributed by atoms with Crippen molar-refractivity contribution in [2.45, 2.75) is 26.7 Å². The SMILES string of the molecule is CC1=C(C)CC(CC(=NNc2ccccc2)c2ccccc2)=C1. The summed E-state index contributed by atoms with van der Waals surface area (Å²) in [5, 5.41) is 4.69.